The molecule has 4 amide bonds. The second-order valence-corrected chi connectivity index (χ2v) is 4.40. The van der Waals surface area contributed by atoms with Crippen molar-refractivity contribution in [3.63, 3.8) is 0 Å². The lowest BCUT2D eigenvalue weighted by Gasteiger charge is -2.10. The van der Waals surface area contributed by atoms with Gasteiger partial charge in [-0.15, -0.1) is 0 Å². The molecule has 0 aliphatic carbocycles. The summed E-state index contributed by atoms with van der Waals surface area (Å²) in [7, 11) is 0. The van der Waals surface area contributed by atoms with Crippen LogP contribution in [0.1, 0.15) is 25.7 Å². The molecule has 0 saturated carbocycles. The van der Waals surface area contributed by atoms with Gasteiger partial charge in [0.25, 0.3) is 0 Å². The number of nitrogens with one attached hydrogen (secondary N) is 4. The van der Waals surface area contributed by atoms with Gasteiger partial charge >= 0.3 is 0 Å². The number of rotatable bonds is 0. The molecule has 1 fully saturated rings. The SMILES string of the molecule is O=C1CCNC(=O)CCNC(=O)CCNC(=O)CCN1. The summed E-state index contributed by atoms with van der Waals surface area (Å²) in [6, 6.07) is 0. The highest BCUT2D eigenvalue weighted by atomic mass is 16.2. The van der Waals surface area contributed by atoms with Crippen LogP contribution in [-0.2, 0) is 19.2 Å². The van der Waals surface area contributed by atoms with Crippen molar-refractivity contribution in [3.8, 4) is 0 Å². The standard InChI is InChI=1S/C12H20N4O4/c17-9-1-5-13-10(18)3-7-15-12(20)4-8-16-11(19)2-6-14-9/h1-8H2,(H,13,18)(H,14,17)(H,15,20)(H,16,19). The number of hydrogen-bond acceptors (Lipinski definition) is 4. The number of carbonyl (C=O) groups is 4. The second-order valence-electron chi connectivity index (χ2n) is 4.40. The van der Waals surface area contributed by atoms with Crippen LogP contribution in [0.3, 0.4) is 0 Å². The first kappa shape index (κ1) is 15.9. The molecule has 112 valence electrons. The van der Waals surface area contributed by atoms with Gasteiger partial charge in [0, 0.05) is 51.9 Å². The molecule has 1 heterocycles. The first-order valence-corrected chi connectivity index (χ1v) is 6.64. The van der Waals surface area contributed by atoms with Crippen LogP contribution in [0.2, 0.25) is 0 Å². The summed E-state index contributed by atoms with van der Waals surface area (Å²) < 4.78 is 0. The topological polar surface area (TPSA) is 116 Å². The van der Waals surface area contributed by atoms with Crippen molar-refractivity contribution in [2.75, 3.05) is 26.2 Å². The molecule has 0 atom stereocenters. The van der Waals surface area contributed by atoms with Crippen molar-refractivity contribution in [2.45, 2.75) is 25.7 Å². The van der Waals surface area contributed by atoms with E-state index in [2.05, 4.69) is 21.3 Å². The van der Waals surface area contributed by atoms with Crippen molar-refractivity contribution in [1.82, 2.24) is 21.3 Å². The molecule has 1 aliphatic rings. The molecule has 0 aromatic heterocycles. The fraction of sp³-hybridized carbons (Fsp3) is 0.667. The average molecular weight is 284 g/mol. The second kappa shape index (κ2) is 8.89. The van der Waals surface area contributed by atoms with E-state index < -0.39 is 0 Å². The maximum absolute atomic E-state index is 11.4. The van der Waals surface area contributed by atoms with Crippen molar-refractivity contribution < 1.29 is 19.2 Å². The normalized spacial score (nSPS) is 20.4. The van der Waals surface area contributed by atoms with Crippen LogP contribution in [0.5, 0.6) is 0 Å². The van der Waals surface area contributed by atoms with Gasteiger partial charge in [-0.3, -0.25) is 19.2 Å². The van der Waals surface area contributed by atoms with Gasteiger partial charge in [-0.2, -0.15) is 0 Å². The molecular formula is C12H20N4O4. The third-order valence-electron chi connectivity index (χ3n) is 2.70. The van der Waals surface area contributed by atoms with E-state index in [1.54, 1.807) is 0 Å². The minimum Gasteiger partial charge on any atom is -0.356 e. The highest BCUT2D eigenvalue weighted by molar-refractivity contribution is 5.82. The Kier molecular flexibility index (Phi) is 7.08. The zero-order valence-electron chi connectivity index (χ0n) is 11.3. The van der Waals surface area contributed by atoms with Crippen LogP contribution in [-0.4, -0.2) is 49.8 Å². The van der Waals surface area contributed by atoms with Gasteiger partial charge in [0.1, 0.15) is 0 Å². The van der Waals surface area contributed by atoms with Crippen molar-refractivity contribution >= 4 is 23.6 Å². The monoisotopic (exact) mass is 284 g/mol. The third kappa shape index (κ3) is 7.34. The van der Waals surface area contributed by atoms with E-state index in [-0.39, 0.29) is 75.5 Å². The highest BCUT2D eigenvalue weighted by Gasteiger charge is 2.08. The summed E-state index contributed by atoms with van der Waals surface area (Å²) in [6.45, 7) is 0.964. The molecule has 1 aliphatic heterocycles. The molecule has 20 heavy (non-hydrogen) atoms. The van der Waals surface area contributed by atoms with Crippen LogP contribution in [0.25, 0.3) is 0 Å². The zero-order chi connectivity index (χ0) is 14.8. The van der Waals surface area contributed by atoms with Gasteiger partial charge in [0.2, 0.25) is 23.6 Å². The van der Waals surface area contributed by atoms with Crippen LogP contribution < -0.4 is 21.3 Å². The van der Waals surface area contributed by atoms with Crippen LogP contribution in [0.15, 0.2) is 0 Å². The molecular weight excluding hydrogens is 264 g/mol. The first-order chi connectivity index (χ1) is 9.58. The molecule has 0 spiro atoms. The smallest absolute Gasteiger partial charge is 0.221 e. The van der Waals surface area contributed by atoms with Crippen molar-refractivity contribution in [2.24, 2.45) is 0 Å². The van der Waals surface area contributed by atoms with Gasteiger partial charge in [-0.05, 0) is 0 Å². The lowest BCUT2D eigenvalue weighted by molar-refractivity contribution is -0.122. The third-order valence-corrected chi connectivity index (χ3v) is 2.70. The Morgan fingerprint density at radius 2 is 0.650 bits per heavy atom. The first-order valence-electron chi connectivity index (χ1n) is 6.64. The summed E-state index contributed by atoms with van der Waals surface area (Å²) in [4.78, 5) is 45.5. The van der Waals surface area contributed by atoms with Crippen molar-refractivity contribution in [3.05, 3.63) is 0 Å². The minimum absolute atomic E-state index is 0.166. The molecule has 0 aromatic rings. The van der Waals surface area contributed by atoms with Crippen molar-refractivity contribution in [1.29, 1.82) is 0 Å². The summed E-state index contributed by atoms with van der Waals surface area (Å²) >= 11 is 0. The highest BCUT2D eigenvalue weighted by Crippen LogP contribution is 1.86. The Morgan fingerprint density at radius 1 is 0.450 bits per heavy atom. The Balaban J connectivity index is 2.41. The predicted octanol–water partition coefficient (Wildman–Crippen LogP) is -1.97. The molecule has 1 rings (SSSR count). The fourth-order valence-corrected chi connectivity index (χ4v) is 1.62. The molecule has 8 heteroatoms. The largest absolute Gasteiger partial charge is 0.356 e. The lowest BCUT2D eigenvalue weighted by Crippen LogP contribution is -2.37. The van der Waals surface area contributed by atoms with Crippen LogP contribution >= 0.6 is 0 Å². The van der Waals surface area contributed by atoms with Crippen LogP contribution in [0, 0.1) is 0 Å². The quantitative estimate of drug-likeness (QED) is 0.412. The maximum atomic E-state index is 11.4. The molecule has 0 unspecified atom stereocenters. The van der Waals surface area contributed by atoms with E-state index in [9.17, 15) is 19.2 Å². The Labute approximate surface area is 117 Å². The van der Waals surface area contributed by atoms with Gasteiger partial charge in [0.15, 0.2) is 0 Å². The van der Waals surface area contributed by atoms with Gasteiger partial charge in [0.05, 0.1) is 0 Å². The lowest BCUT2D eigenvalue weighted by atomic mass is 10.3. The number of amides is 4. The van der Waals surface area contributed by atoms with Gasteiger partial charge in [-0.1, -0.05) is 0 Å². The van der Waals surface area contributed by atoms with Gasteiger partial charge < -0.3 is 21.3 Å². The van der Waals surface area contributed by atoms with Crippen LogP contribution in [0.4, 0.5) is 0 Å². The molecule has 0 aromatic carbocycles. The van der Waals surface area contributed by atoms with E-state index in [0.29, 0.717) is 0 Å². The van der Waals surface area contributed by atoms with E-state index in [1.165, 1.54) is 0 Å². The number of hydrogen-bond donors (Lipinski definition) is 4. The summed E-state index contributed by atoms with van der Waals surface area (Å²) in [6.07, 6.45) is 0.666. The minimum atomic E-state index is -0.210. The summed E-state index contributed by atoms with van der Waals surface area (Å²) in [5.41, 5.74) is 0. The number of carbonyl (C=O) groups excluding carboxylic acids is 4. The van der Waals surface area contributed by atoms with E-state index in [0.717, 1.165) is 0 Å². The fourth-order valence-electron chi connectivity index (χ4n) is 1.62. The Hall–Kier alpha value is -2.12. The van der Waals surface area contributed by atoms with E-state index in [4.69, 9.17) is 0 Å². The maximum Gasteiger partial charge on any atom is 0.221 e. The molecule has 1 saturated heterocycles. The van der Waals surface area contributed by atoms with E-state index in [1.807, 2.05) is 0 Å². The molecule has 4 N–H and O–H groups in total. The predicted molar refractivity (Wildman–Crippen MR) is 70.5 cm³/mol. The molecule has 8 nitrogen and oxygen atoms in total. The van der Waals surface area contributed by atoms with E-state index >= 15 is 0 Å². The van der Waals surface area contributed by atoms with Gasteiger partial charge in [-0.25, -0.2) is 0 Å². The summed E-state index contributed by atoms with van der Waals surface area (Å²) in [5.74, 6) is -0.839. The summed E-state index contributed by atoms with van der Waals surface area (Å²) in [5, 5.41) is 10.4. The zero-order valence-corrected chi connectivity index (χ0v) is 11.3. The molecule has 0 radical (unpaired) electrons. The Bertz CT molecular complexity index is 288. The molecule has 0 bridgehead atoms. The average Bonchev–Trinajstić information content (AvgIpc) is 2.37. The Morgan fingerprint density at radius 3 is 0.850 bits per heavy atom.